The van der Waals surface area contributed by atoms with E-state index >= 15 is 0 Å². The molecule has 16 heavy (non-hydrogen) atoms. The quantitative estimate of drug-likeness (QED) is 0.671. The summed E-state index contributed by atoms with van der Waals surface area (Å²) in [7, 11) is 0. The van der Waals surface area contributed by atoms with E-state index in [-0.39, 0.29) is 0 Å². The second-order valence-corrected chi connectivity index (χ2v) is 4.68. The number of H-pyrrole nitrogens is 1. The standard InChI is InChI=1S/C13H21N3/c14-13-8-7-11(10-16-13)9-15-12-5-3-1-2-4-6-12/h7-8,10,12,15H,1-6,9H2,(H2,14,16). The highest BCUT2D eigenvalue weighted by atomic mass is 14.9. The molecule has 0 radical (unpaired) electrons. The van der Waals surface area contributed by atoms with Gasteiger partial charge >= 0.3 is 0 Å². The van der Waals surface area contributed by atoms with Gasteiger partial charge in [0.25, 0.3) is 0 Å². The molecule has 1 aliphatic rings. The van der Waals surface area contributed by atoms with Crippen LogP contribution in [0.2, 0.25) is 0 Å². The number of pyridine rings is 1. The smallest absolute Gasteiger partial charge is 0.121 e. The monoisotopic (exact) mass is 219 g/mol. The van der Waals surface area contributed by atoms with Crippen LogP contribution in [0.1, 0.15) is 44.1 Å². The van der Waals surface area contributed by atoms with Gasteiger partial charge in [0.15, 0.2) is 0 Å². The Hall–Kier alpha value is -1.09. The lowest BCUT2D eigenvalue weighted by Gasteiger charge is -2.15. The molecule has 3 heteroatoms. The lowest BCUT2D eigenvalue weighted by molar-refractivity contribution is 0.459. The zero-order valence-electron chi connectivity index (χ0n) is 9.76. The summed E-state index contributed by atoms with van der Waals surface area (Å²) >= 11 is 0. The Bertz CT molecular complexity index is 341. The number of rotatable bonds is 3. The summed E-state index contributed by atoms with van der Waals surface area (Å²) in [4.78, 5) is 2.93. The second kappa shape index (κ2) is 5.85. The van der Waals surface area contributed by atoms with Gasteiger partial charge in [0.05, 0.1) is 0 Å². The van der Waals surface area contributed by atoms with Crippen molar-refractivity contribution in [1.82, 2.24) is 10.3 Å². The van der Waals surface area contributed by atoms with Gasteiger partial charge in [0.2, 0.25) is 0 Å². The minimum Gasteiger partial charge on any atom is -0.347 e. The molecule has 0 spiro atoms. The molecule has 88 valence electrons. The maximum atomic E-state index is 7.37. The molecule has 0 aliphatic heterocycles. The number of hydrogen-bond donors (Lipinski definition) is 3. The highest BCUT2D eigenvalue weighted by Gasteiger charge is 2.10. The summed E-state index contributed by atoms with van der Waals surface area (Å²) in [6.07, 6.45) is 10.1. The molecule has 0 unspecified atom stereocenters. The van der Waals surface area contributed by atoms with Crippen molar-refractivity contribution in [3.63, 3.8) is 0 Å². The average molecular weight is 219 g/mol. The molecule has 0 saturated heterocycles. The minimum atomic E-state index is 0.471. The van der Waals surface area contributed by atoms with E-state index in [0.717, 1.165) is 6.54 Å². The molecule has 1 heterocycles. The zero-order chi connectivity index (χ0) is 11.2. The van der Waals surface area contributed by atoms with Crippen LogP contribution in [0.3, 0.4) is 0 Å². The lowest BCUT2D eigenvalue weighted by atomic mass is 10.1. The largest absolute Gasteiger partial charge is 0.347 e. The Morgan fingerprint density at radius 2 is 1.94 bits per heavy atom. The van der Waals surface area contributed by atoms with Crippen LogP contribution in [0, 0.1) is 5.41 Å². The number of aromatic nitrogens is 1. The van der Waals surface area contributed by atoms with Crippen LogP contribution in [0.25, 0.3) is 0 Å². The van der Waals surface area contributed by atoms with Crippen LogP contribution in [0.4, 0.5) is 0 Å². The third-order valence-electron chi connectivity index (χ3n) is 3.33. The van der Waals surface area contributed by atoms with Crippen LogP contribution in [0.5, 0.6) is 0 Å². The molecule has 0 bridgehead atoms. The van der Waals surface area contributed by atoms with Crippen molar-refractivity contribution in [2.45, 2.75) is 51.1 Å². The first kappa shape index (κ1) is 11.4. The summed E-state index contributed by atoms with van der Waals surface area (Å²) in [5.41, 5.74) is 1.71. The van der Waals surface area contributed by atoms with E-state index in [9.17, 15) is 0 Å². The van der Waals surface area contributed by atoms with E-state index in [1.165, 1.54) is 44.1 Å². The highest BCUT2D eigenvalue weighted by molar-refractivity contribution is 5.07. The van der Waals surface area contributed by atoms with E-state index in [1.807, 2.05) is 18.3 Å². The first-order valence-corrected chi connectivity index (χ1v) is 6.30. The third-order valence-corrected chi connectivity index (χ3v) is 3.33. The molecular formula is C13H21N3. The molecule has 3 nitrogen and oxygen atoms in total. The molecule has 0 amide bonds. The van der Waals surface area contributed by atoms with E-state index in [2.05, 4.69) is 10.3 Å². The van der Waals surface area contributed by atoms with Crippen LogP contribution in [0.15, 0.2) is 18.3 Å². The Balaban J connectivity index is 1.81. The molecule has 2 rings (SSSR count). The minimum absolute atomic E-state index is 0.471. The fourth-order valence-corrected chi connectivity index (χ4v) is 2.31. The van der Waals surface area contributed by atoms with Gasteiger partial charge < -0.3 is 10.3 Å². The summed E-state index contributed by atoms with van der Waals surface area (Å²) in [5.74, 6) is 0. The maximum Gasteiger partial charge on any atom is 0.121 e. The van der Waals surface area contributed by atoms with Gasteiger partial charge in [-0.1, -0.05) is 31.7 Å². The highest BCUT2D eigenvalue weighted by Crippen LogP contribution is 2.17. The average Bonchev–Trinajstić information content (AvgIpc) is 2.57. The number of aromatic amines is 1. The van der Waals surface area contributed by atoms with Gasteiger partial charge in [-0.05, 0) is 24.5 Å². The van der Waals surface area contributed by atoms with Crippen molar-refractivity contribution in [3.05, 3.63) is 29.4 Å². The molecule has 1 aromatic heterocycles. The van der Waals surface area contributed by atoms with Crippen LogP contribution >= 0.6 is 0 Å². The third kappa shape index (κ3) is 3.49. The Morgan fingerprint density at radius 1 is 1.19 bits per heavy atom. The van der Waals surface area contributed by atoms with Gasteiger partial charge in [0.1, 0.15) is 5.49 Å². The van der Waals surface area contributed by atoms with Gasteiger partial charge in [0, 0.05) is 18.8 Å². The van der Waals surface area contributed by atoms with Crippen molar-refractivity contribution in [2.24, 2.45) is 0 Å². The Labute approximate surface area is 96.8 Å². The van der Waals surface area contributed by atoms with Crippen molar-refractivity contribution in [1.29, 1.82) is 5.41 Å². The molecule has 0 atom stereocenters. The summed E-state index contributed by atoms with van der Waals surface area (Å²) < 4.78 is 0. The van der Waals surface area contributed by atoms with Crippen LogP contribution < -0.4 is 10.8 Å². The van der Waals surface area contributed by atoms with Crippen LogP contribution in [-0.4, -0.2) is 11.0 Å². The van der Waals surface area contributed by atoms with Crippen molar-refractivity contribution in [2.75, 3.05) is 0 Å². The Morgan fingerprint density at radius 3 is 2.56 bits per heavy atom. The van der Waals surface area contributed by atoms with E-state index in [0.29, 0.717) is 11.5 Å². The number of hydrogen-bond acceptors (Lipinski definition) is 2. The van der Waals surface area contributed by atoms with Crippen LogP contribution in [-0.2, 0) is 6.54 Å². The Kier molecular flexibility index (Phi) is 4.17. The molecule has 1 aliphatic carbocycles. The fraction of sp³-hybridized carbons (Fsp3) is 0.615. The summed E-state index contributed by atoms with van der Waals surface area (Å²) in [6, 6.07) is 4.52. The zero-order valence-corrected chi connectivity index (χ0v) is 9.76. The van der Waals surface area contributed by atoms with Crippen molar-refractivity contribution in [3.8, 4) is 0 Å². The molecule has 1 fully saturated rings. The van der Waals surface area contributed by atoms with Crippen molar-refractivity contribution >= 4 is 0 Å². The lowest BCUT2D eigenvalue weighted by Crippen LogP contribution is -2.28. The molecular weight excluding hydrogens is 198 g/mol. The van der Waals surface area contributed by atoms with Crippen molar-refractivity contribution < 1.29 is 0 Å². The molecule has 1 saturated carbocycles. The van der Waals surface area contributed by atoms with Gasteiger partial charge in [-0.3, -0.25) is 5.41 Å². The molecule has 1 aromatic rings. The summed E-state index contributed by atoms with van der Waals surface area (Å²) in [5, 5.41) is 11.0. The van der Waals surface area contributed by atoms with E-state index in [1.54, 1.807) is 0 Å². The van der Waals surface area contributed by atoms with Gasteiger partial charge in [-0.15, -0.1) is 0 Å². The topological polar surface area (TPSA) is 51.7 Å². The fourth-order valence-electron chi connectivity index (χ4n) is 2.31. The second-order valence-electron chi connectivity index (χ2n) is 4.68. The van der Waals surface area contributed by atoms with E-state index in [4.69, 9.17) is 5.41 Å². The molecule has 0 aromatic carbocycles. The summed E-state index contributed by atoms with van der Waals surface area (Å²) in [6.45, 7) is 0.918. The first-order chi connectivity index (χ1) is 7.84. The first-order valence-electron chi connectivity index (χ1n) is 6.30. The predicted octanol–water partition coefficient (Wildman–Crippen LogP) is 2.31. The SMILES string of the molecule is N=c1ccc(CNC2CCCCCC2)c[nH]1. The maximum absolute atomic E-state index is 7.37. The molecule has 3 N–H and O–H groups in total. The predicted molar refractivity (Wildman–Crippen MR) is 65.0 cm³/mol. The van der Waals surface area contributed by atoms with E-state index < -0.39 is 0 Å². The number of nitrogens with one attached hydrogen (secondary N) is 3. The van der Waals surface area contributed by atoms with Gasteiger partial charge in [-0.25, -0.2) is 0 Å². The normalized spacial score (nSPS) is 18.2. The van der Waals surface area contributed by atoms with Gasteiger partial charge in [-0.2, -0.15) is 0 Å².